The van der Waals surface area contributed by atoms with Crippen LogP contribution in [-0.4, -0.2) is 40.9 Å². The van der Waals surface area contributed by atoms with Crippen LogP contribution >= 0.6 is 24.2 Å². The van der Waals surface area contributed by atoms with Crippen molar-refractivity contribution in [3.63, 3.8) is 0 Å². The number of halogens is 1. The highest BCUT2D eigenvalue weighted by atomic mass is 35.5. The highest BCUT2D eigenvalue weighted by molar-refractivity contribution is 8.00. The van der Waals surface area contributed by atoms with Crippen molar-refractivity contribution in [1.82, 2.24) is 10.2 Å². The summed E-state index contributed by atoms with van der Waals surface area (Å²) in [6, 6.07) is 8.39. The molecule has 2 aliphatic rings. The fourth-order valence-electron chi connectivity index (χ4n) is 3.02. The van der Waals surface area contributed by atoms with Gasteiger partial charge in [0.25, 0.3) is 0 Å². The van der Waals surface area contributed by atoms with Gasteiger partial charge in [-0.1, -0.05) is 31.2 Å². The molecule has 0 saturated carbocycles. The van der Waals surface area contributed by atoms with Gasteiger partial charge >= 0.3 is 0 Å². The second-order valence-corrected chi connectivity index (χ2v) is 7.00. The van der Waals surface area contributed by atoms with Crippen LogP contribution < -0.4 is 5.32 Å². The number of benzene rings is 1. The van der Waals surface area contributed by atoms with Crippen molar-refractivity contribution >= 4 is 30.1 Å². The smallest absolute Gasteiger partial charge is 0.240 e. The second-order valence-electron chi connectivity index (χ2n) is 5.59. The van der Waals surface area contributed by atoms with E-state index in [-0.39, 0.29) is 18.4 Å². The molecule has 0 radical (unpaired) electrons. The van der Waals surface area contributed by atoms with Crippen molar-refractivity contribution in [2.45, 2.75) is 37.6 Å². The minimum atomic E-state index is -0.0366. The predicted octanol–water partition coefficient (Wildman–Crippen LogP) is 2.48. The molecule has 2 heterocycles. The third-order valence-electron chi connectivity index (χ3n) is 4.29. The van der Waals surface area contributed by atoms with Crippen LogP contribution in [0.4, 0.5) is 0 Å². The molecule has 2 atom stereocenters. The Hall–Kier alpha value is -0.710. The molecule has 2 unspecified atom stereocenters. The normalized spacial score (nSPS) is 24.9. The van der Waals surface area contributed by atoms with Crippen LogP contribution in [0, 0.1) is 0 Å². The van der Waals surface area contributed by atoms with Gasteiger partial charge in [0.05, 0.1) is 6.04 Å². The van der Waals surface area contributed by atoms with Gasteiger partial charge in [-0.25, -0.2) is 0 Å². The summed E-state index contributed by atoms with van der Waals surface area (Å²) in [6.45, 7) is 4.84. The molecule has 3 nitrogen and oxygen atoms in total. The number of carbonyl (C=O) groups excluding carboxylic acids is 1. The van der Waals surface area contributed by atoms with Crippen molar-refractivity contribution in [2.24, 2.45) is 0 Å². The van der Waals surface area contributed by atoms with Gasteiger partial charge in [-0.15, -0.1) is 12.4 Å². The Kier molecular flexibility index (Phi) is 5.97. The van der Waals surface area contributed by atoms with E-state index in [1.165, 1.54) is 11.1 Å². The molecular formula is C16H23ClN2OS. The van der Waals surface area contributed by atoms with Crippen molar-refractivity contribution in [3.8, 4) is 0 Å². The van der Waals surface area contributed by atoms with Crippen LogP contribution in [0.1, 0.15) is 24.5 Å². The molecular weight excluding hydrogens is 304 g/mol. The van der Waals surface area contributed by atoms with E-state index >= 15 is 0 Å². The molecule has 21 heavy (non-hydrogen) atoms. The van der Waals surface area contributed by atoms with E-state index < -0.39 is 0 Å². The molecule has 1 aromatic rings. The number of nitrogens with zero attached hydrogens (tertiary/aromatic N) is 1. The molecule has 2 aliphatic heterocycles. The molecule has 1 aromatic carbocycles. The van der Waals surface area contributed by atoms with Crippen LogP contribution in [0.2, 0.25) is 0 Å². The van der Waals surface area contributed by atoms with E-state index in [4.69, 9.17) is 0 Å². The Morgan fingerprint density at radius 2 is 2.14 bits per heavy atom. The van der Waals surface area contributed by atoms with Gasteiger partial charge < -0.3 is 10.2 Å². The summed E-state index contributed by atoms with van der Waals surface area (Å²) < 4.78 is 0. The molecule has 1 amide bonds. The third kappa shape index (κ3) is 3.74. The van der Waals surface area contributed by atoms with Crippen molar-refractivity contribution < 1.29 is 4.79 Å². The molecule has 3 rings (SSSR count). The Labute approximate surface area is 137 Å². The van der Waals surface area contributed by atoms with Crippen LogP contribution in [0.15, 0.2) is 24.3 Å². The highest BCUT2D eigenvalue weighted by Gasteiger charge is 2.30. The zero-order chi connectivity index (χ0) is 13.9. The number of carbonyl (C=O) groups is 1. The molecule has 1 N–H and O–H groups in total. The van der Waals surface area contributed by atoms with Gasteiger partial charge in [-0.05, 0) is 24.0 Å². The van der Waals surface area contributed by atoms with Crippen LogP contribution in [0.5, 0.6) is 0 Å². The largest absolute Gasteiger partial charge is 0.339 e. The zero-order valence-electron chi connectivity index (χ0n) is 12.4. The highest BCUT2D eigenvalue weighted by Crippen LogP contribution is 2.23. The first-order chi connectivity index (χ1) is 9.78. The summed E-state index contributed by atoms with van der Waals surface area (Å²) in [5, 5.41) is 4.02. The maximum Gasteiger partial charge on any atom is 0.240 e. The van der Waals surface area contributed by atoms with E-state index in [0.29, 0.717) is 11.2 Å². The van der Waals surface area contributed by atoms with Crippen LogP contribution in [-0.2, 0) is 17.8 Å². The minimum absolute atomic E-state index is 0. The third-order valence-corrected chi connectivity index (χ3v) is 5.66. The number of hydrogen-bond acceptors (Lipinski definition) is 3. The summed E-state index contributed by atoms with van der Waals surface area (Å²) in [7, 11) is 0. The number of nitrogens with one attached hydrogen (secondary N) is 1. The first-order valence-electron chi connectivity index (χ1n) is 7.48. The molecule has 1 saturated heterocycles. The van der Waals surface area contributed by atoms with Gasteiger partial charge in [0.2, 0.25) is 5.91 Å². The predicted molar refractivity (Wildman–Crippen MR) is 91.1 cm³/mol. The van der Waals surface area contributed by atoms with E-state index in [2.05, 4.69) is 41.4 Å². The Balaban J connectivity index is 0.00000161. The lowest BCUT2D eigenvalue weighted by atomic mass is 9.95. The first-order valence-corrected chi connectivity index (χ1v) is 8.53. The Morgan fingerprint density at radius 3 is 2.90 bits per heavy atom. The first kappa shape index (κ1) is 16.7. The number of fused-ring (bicyclic) bond motifs is 1. The standard InChI is InChI=1S/C16H22N2OS.ClH/c1-2-14-11-18(7-8-20-14)16(19)15-9-12-5-3-4-6-13(12)10-17-15;/h3-6,14-15,17H,2,7-11H2,1H3;1H. The second kappa shape index (κ2) is 7.52. The molecule has 1 fully saturated rings. The lowest BCUT2D eigenvalue weighted by Gasteiger charge is -2.36. The van der Waals surface area contributed by atoms with Crippen molar-refractivity contribution in [2.75, 3.05) is 18.8 Å². The lowest BCUT2D eigenvalue weighted by Crippen LogP contribution is -2.52. The summed E-state index contributed by atoms with van der Waals surface area (Å²) in [5.41, 5.74) is 2.65. The number of thioether (sulfide) groups is 1. The fraction of sp³-hybridized carbons (Fsp3) is 0.562. The average molecular weight is 327 g/mol. The van der Waals surface area contributed by atoms with E-state index in [0.717, 1.165) is 38.2 Å². The topological polar surface area (TPSA) is 32.3 Å². The molecule has 5 heteroatoms. The van der Waals surface area contributed by atoms with Gasteiger partial charge in [0.1, 0.15) is 0 Å². The average Bonchev–Trinajstić information content (AvgIpc) is 2.53. The SMILES string of the molecule is CCC1CN(C(=O)C2Cc3ccccc3CN2)CCS1.Cl. The quantitative estimate of drug-likeness (QED) is 0.906. The van der Waals surface area contributed by atoms with E-state index in [1.54, 1.807) is 0 Å². The Morgan fingerprint density at radius 1 is 1.38 bits per heavy atom. The Bertz CT molecular complexity index is 497. The maximum atomic E-state index is 12.7. The van der Waals surface area contributed by atoms with E-state index in [1.807, 2.05) is 11.8 Å². The molecule has 0 bridgehead atoms. The molecule has 0 aliphatic carbocycles. The van der Waals surface area contributed by atoms with Gasteiger partial charge in [0, 0.05) is 30.6 Å². The van der Waals surface area contributed by atoms with Crippen LogP contribution in [0.3, 0.4) is 0 Å². The number of rotatable bonds is 2. The van der Waals surface area contributed by atoms with Gasteiger partial charge in [-0.2, -0.15) is 11.8 Å². The van der Waals surface area contributed by atoms with Gasteiger partial charge in [0.15, 0.2) is 0 Å². The van der Waals surface area contributed by atoms with Crippen LogP contribution in [0.25, 0.3) is 0 Å². The monoisotopic (exact) mass is 326 g/mol. The maximum absolute atomic E-state index is 12.7. The molecule has 116 valence electrons. The van der Waals surface area contributed by atoms with Gasteiger partial charge in [-0.3, -0.25) is 4.79 Å². The summed E-state index contributed by atoms with van der Waals surface area (Å²) >= 11 is 2.01. The van der Waals surface area contributed by atoms with Crippen molar-refractivity contribution in [3.05, 3.63) is 35.4 Å². The minimum Gasteiger partial charge on any atom is -0.339 e. The lowest BCUT2D eigenvalue weighted by molar-refractivity contribution is -0.133. The fourth-order valence-corrected chi connectivity index (χ4v) is 4.20. The zero-order valence-corrected chi connectivity index (χ0v) is 14.0. The van der Waals surface area contributed by atoms with Crippen molar-refractivity contribution in [1.29, 1.82) is 0 Å². The molecule has 0 spiro atoms. The number of hydrogen-bond donors (Lipinski definition) is 1. The molecule has 0 aromatic heterocycles. The summed E-state index contributed by atoms with van der Waals surface area (Å²) in [5.74, 6) is 1.37. The summed E-state index contributed by atoms with van der Waals surface area (Å²) in [6.07, 6.45) is 1.98. The number of amides is 1. The summed E-state index contributed by atoms with van der Waals surface area (Å²) in [4.78, 5) is 14.7. The van der Waals surface area contributed by atoms with E-state index in [9.17, 15) is 4.79 Å².